The lowest BCUT2D eigenvalue weighted by Crippen LogP contribution is -2.18. The van der Waals surface area contributed by atoms with Crippen molar-refractivity contribution < 1.29 is 4.79 Å². The number of hydrogen-bond donors (Lipinski definition) is 0. The van der Waals surface area contributed by atoms with Crippen LogP contribution in [-0.2, 0) is 4.79 Å². The van der Waals surface area contributed by atoms with Gasteiger partial charge in [0.05, 0.1) is 0 Å². The van der Waals surface area contributed by atoms with Crippen LogP contribution in [0.15, 0.2) is 30.3 Å². The lowest BCUT2D eigenvalue weighted by Gasteiger charge is -2.04. The Morgan fingerprint density at radius 1 is 1.29 bits per heavy atom. The number of carbonyl (C=O) groups is 1. The van der Waals surface area contributed by atoms with Gasteiger partial charge in [-0.05, 0) is 23.8 Å². The van der Waals surface area contributed by atoms with Gasteiger partial charge in [-0.2, -0.15) is 0 Å². The van der Waals surface area contributed by atoms with E-state index >= 15 is 0 Å². The van der Waals surface area contributed by atoms with Crippen molar-refractivity contribution in [1.82, 2.24) is 4.90 Å². The van der Waals surface area contributed by atoms with Crippen molar-refractivity contribution in [1.29, 1.82) is 0 Å². The molecule has 0 aromatic heterocycles. The molecule has 14 heavy (non-hydrogen) atoms. The first kappa shape index (κ1) is 10.8. The fourth-order valence-corrected chi connectivity index (χ4v) is 1.02. The zero-order valence-electron chi connectivity index (χ0n) is 8.20. The monoisotopic (exact) mass is 209 g/mol. The minimum absolute atomic E-state index is 0.0278. The van der Waals surface area contributed by atoms with E-state index in [0.29, 0.717) is 5.02 Å². The van der Waals surface area contributed by atoms with Crippen molar-refractivity contribution in [3.8, 4) is 0 Å². The van der Waals surface area contributed by atoms with E-state index in [4.69, 9.17) is 11.6 Å². The van der Waals surface area contributed by atoms with E-state index in [1.165, 1.54) is 11.0 Å². The molecule has 74 valence electrons. The molecule has 1 aromatic rings. The molecule has 0 aliphatic carbocycles. The predicted molar refractivity (Wildman–Crippen MR) is 59.2 cm³/mol. The van der Waals surface area contributed by atoms with Crippen LogP contribution in [0.3, 0.4) is 0 Å². The summed E-state index contributed by atoms with van der Waals surface area (Å²) in [5.74, 6) is -0.0278. The molecular formula is C11H12ClNO. The number of carbonyl (C=O) groups excluding carboxylic acids is 1. The minimum atomic E-state index is -0.0278. The first-order valence-corrected chi connectivity index (χ1v) is 4.62. The second-order valence-corrected chi connectivity index (χ2v) is 3.55. The van der Waals surface area contributed by atoms with Gasteiger partial charge in [-0.3, -0.25) is 4.79 Å². The summed E-state index contributed by atoms with van der Waals surface area (Å²) in [6, 6.07) is 7.31. The molecule has 1 amide bonds. The minimum Gasteiger partial charge on any atom is -0.345 e. The Kier molecular flexibility index (Phi) is 3.72. The van der Waals surface area contributed by atoms with Crippen LogP contribution in [-0.4, -0.2) is 24.9 Å². The molecule has 0 unspecified atom stereocenters. The third-order valence-corrected chi connectivity index (χ3v) is 1.98. The largest absolute Gasteiger partial charge is 0.345 e. The van der Waals surface area contributed by atoms with Gasteiger partial charge in [0.2, 0.25) is 5.91 Å². The van der Waals surface area contributed by atoms with Crippen LogP contribution < -0.4 is 0 Å². The molecule has 0 aliphatic heterocycles. The van der Waals surface area contributed by atoms with Gasteiger partial charge in [0.15, 0.2) is 0 Å². The molecule has 0 radical (unpaired) electrons. The van der Waals surface area contributed by atoms with Gasteiger partial charge in [0.25, 0.3) is 0 Å². The van der Waals surface area contributed by atoms with Gasteiger partial charge in [-0.1, -0.05) is 23.7 Å². The average molecular weight is 210 g/mol. The van der Waals surface area contributed by atoms with Crippen LogP contribution in [0.25, 0.3) is 6.08 Å². The molecule has 3 heteroatoms. The summed E-state index contributed by atoms with van der Waals surface area (Å²) < 4.78 is 0. The summed E-state index contributed by atoms with van der Waals surface area (Å²) in [5, 5.41) is 0.695. The standard InChI is InChI=1S/C11H12ClNO/c1-13(2)11(14)8-5-9-3-6-10(12)7-4-9/h3-8H,1-2H3/b8-5+. The zero-order valence-corrected chi connectivity index (χ0v) is 8.95. The zero-order chi connectivity index (χ0) is 10.6. The highest BCUT2D eigenvalue weighted by atomic mass is 35.5. The van der Waals surface area contributed by atoms with Crippen LogP contribution in [0.2, 0.25) is 5.02 Å². The maximum atomic E-state index is 11.2. The van der Waals surface area contributed by atoms with Gasteiger partial charge in [-0.25, -0.2) is 0 Å². The van der Waals surface area contributed by atoms with Crippen LogP contribution in [0, 0.1) is 0 Å². The molecule has 1 aromatic carbocycles. The lowest BCUT2D eigenvalue weighted by molar-refractivity contribution is -0.123. The van der Waals surface area contributed by atoms with Crippen molar-refractivity contribution in [3.05, 3.63) is 40.9 Å². The van der Waals surface area contributed by atoms with Gasteiger partial charge in [-0.15, -0.1) is 0 Å². The van der Waals surface area contributed by atoms with Crippen LogP contribution in [0.1, 0.15) is 5.56 Å². The highest BCUT2D eigenvalue weighted by Crippen LogP contribution is 2.10. The van der Waals surface area contributed by atoms with E-state index in [9.17, 15) is 4.79 Å². The Labute approximate surface area is 88.8 Å². The Balaban J connectivity index is 2.69. The van der Waals surface area contributed by atoms with Crippen molar-refractivity contribution >= 4 is 23.6 Å². The smallest absolute Gasteiger partial charge is 0.246 e. The fourth-order valence-electron chi connectivity index (χ4n) is 0.890. The summed E-state index contributed by atoms with van der Waals surface area (Å²) in [7, 11) is 3.43. The number of benzene rings is 1. The molecule has 0 fully saturated rings. The van der Waals surface area contributed by atoms with Gasteiger partial charge >= 0.3 is 0 Å². The molecule has 1 rings (SSSR count). The molecule has 0 saturated carbocycles. The average Bonchev–Trinajstić information content (AvgIpc) is 2.16. The number of hydrogen-bond acceptors (Lipinski definition) is 1. The predicted octanol–water partition coefficient (Wildman–Crippen LogP) is 2.44. The highest BCUT2D eigenvalue weighted by Gasteiger charge is 1.96. The first-order valence-electron chi connectivity index (χ1n) is 4.24. The third-order valence-electron chi connectivity index (χ3n) is 1.73. The maximum Gasteiger partial charge on any atom is 0.246 e. The molecular weight excluding hydrogens is 198 g/mol. The second kappa shape index (κ2) is 4.82. The summed E-state index contributed by atoms with van der Waals surface area (Å²) in [6.45, 7) is 0. The van der Waals surface area contributed by atoms with Gasteiger partial charge in [0.1, 0.15) is 0 Å². The fraction of sp³-hybridized carbons (Fsp3) is 0.182. The quantitative estimate of drug-likeness (QED) is 0.686. The summed E-state index contributed by atoms with van der Waals surface area (Å²) in [6.07, 6.45) is 3.29. The van der Waals surface area contributed by atoms with E-state index in [-0.39, 0.29) is 5.91 Å². The molecule has 0 aliphatic rings. The van der Waals surface area contributed by atoms with E-state index < -0.39 is 0 Å². The van der Waals surface area contributed by atoms with E-state index in [1.54, 1.807) is 32.3 Å². The third kappa shape index (κ3) is 3.23. The van der Waals surface area contributed by atoms with Crippen molar-refractivity contribution in [2.45, 2.75) is 0 Å². The van der Waals surface area contributed by atoms with Gasteiger partial charge < -0.3 is 4.90 Å². The molecule has 0 spiro atoms. The second-order valence-electron chi connectivity index (χ2n) is 3.12. The Morgan fingerprint density at radius 3 is 2.36 bits per heavy atom. The molecule has 2 nitrogen and oxygen atoms in total. The molecule has 0 heterocycles. The number of likely N-dealkylation sites (N-methyl/N-ethyl adjacent to an activating group) is 1. The Morgan fingerprint density at radius 2 is 1.86 bits per heavy atom. The van der Waals surface area contributed by atoms with E-state index in [2.05, 4.69) is 0 Å². The molecule has 0 N–H and O–H groups in total. The molecule has 0 atom stereocenters. The number of halogens is 1. The van der Waals surface area contributed by atoms with E-state index in [1.807, 2.05) is 12.1 Å². The molecule has 0 bridgehead atoms. The number of rotatable bonds is 2. The molecule has 0 saturated heterocycles. The van der Waals surface area contributed by atoms with Crippen LogP contribution in [0.4, 0.5) is 0 Å². The summed E-state index contributed by atoms with van der Waals surface area (Å²) in [4.78, 5) is 12.7. The number of nitrogens with zero attached hydrogens (tertiary/aromatic N) is 1. The van der Waals surface area contributed by atoms with Crippen molar-refractivity contribution in [3.63, 3.8) is 0 Å². The van der Waals surface area contributed by atoms with Crippen molar-refractivity contribution in [2.24, 2.45) is 0 Å². The highest BCUT2D eigenvalue weighted by molar-refractivity contribution is 6.30. The van der Waals surface area contributed by atoms with Crippen molar-refractivity contribution in [2.75, 3.05) is 14.1 Å². The lowest BCUT2D eigenvalue weighted by atomic mass is 10.2. The summed E-state index contributed by atoms with van der Waals surface area (Å²) in [5.41, 5.74) is 0.963. The van der Waals surface area contributed by atoms with Gasteiger partial charge in [0, 0.05) is 25.2 Å². The van der Waals surface area contributed by atoms with E-state index in [0.717, 1.165) is 5.56 Å². The van der Waals surface area contributed by atoms with Crippen LogP contribution >= 0.6 is 11.6 Å². The SMILES string of the molecule is CN(C)C(=O)/C=C/c1ccc(Cl)cc1. The Bertz CT molecular complexity index is 341. The Hall–Kier alpha value is -1.28. The maximum absolute atomic E-state index is 11.2. The first-order chi connectivity index (χ1) is 6.59. The topological polar surface area (TPSA) is 20.3 Å². The van der Waals surface area contributed by atoms with Crippen LogP contribution in [0.5, 0.6) is 0 Å². The summed E-state index contributed by atoms with van der Waals surface area (Å²) >= 11 is 5.73. The normalized spacial score (nSPS) is 10.5. The number of amides is 1.